The number of halogens is 1. The van der Waals surface area contributed by atoms with Gasteiger partial charge in [0.2, 0.25) is 0 Å². The standard InChI is InChI=1S/C17H13FN2O/c1-11-6-7-15(18)14(8-11)17(21)20-13-9-12-4-2-3-5-16(12)19-10-13/h2-10H,1H3,(H,20,21). The van der Waals surface area contributed by atoms with E-state index in [9.17, 15) is 9.18 Å². The summed E-state index contributed by atoms with van der Waals surface area (Å²) in [5, 5.41) is 3.59. The number of anilines is 1. The summed E-state index contributed by atoms with van der Waals surface area (Å²) in [6.07, 6.45) is 1.56. The van der Waals surface area contributed by atoms with Crippen molar-refractivity contribution in [2.75, 3.05) is 5.32 Å². The summed E-state index contributed by atoms with van der Waals surface area (Å²) in [5.41, 5.74) is 2.25. The van der Waals surface area contributed by atoms with Gasteiger partial charge in [-0.05, 0) is 31.2 Å². The number of amides is 1. The van der Waals surface area contributed by atoms with Gasteiger partial charge in [0, 0.05) is 5.39 Å². The normalized spacial score (nSPS) is 10.6. The smallest absolute Gasteiger partial charge is 0.258 e. The monoisotopic (exact) mass is 280 g/mol. The van der Waals surface area contributed by atoms with Gasteiger partial charge in [-0.25, -0.2) is 4.39 Å². The van der Waals surface area contributed by atoms with E-state index < -0.39 is 11.7 Å². The van der Waals surface area contributed by atoms with Crippen molar-refractivity contribution in [2.24, 2.45) is 0 Å². The van der Waals surface area contributed by atoms with Crippen LogP contribution in [-0.2, 0) is 0 Å². The fourth-order valence-electron chi connectivity index (χ4n) is 2.15. The molecule has 0 saturated carbocycles. The maximum atomic E-state index is 13.7. The van der Waals surface area contributed by atoms with Crippen LogP contribution < -0.4 is 5.32 Å². The van der Waals surface area contributed by atoms with Crippen molar-refractivity contribution < 1.29 is 9.18 Å². The maximum absolute atomic E-state index is 13.7. The fourth-order valence-corrected chi connectivity index (χ4v) is 2.15. The van der Waals surface area contributed by atoms with Gasteiger partial charge in [0.15, 0.2) is 0 Å². The van der Waals surface area contributed by atoms with Crippen molar-refractivity contribution in [3.8, 4) is 0 Å². The van der Waals surface area contributed by atoms with Gasteiger partial charge in [-0.2, -0.15) is 0 Å². The average Bonchev–Trinajstić information content (AvgIpc) is 2.49. The molecule has 104 valence electrons. The molecule has 21 heavy (non-hydrogen) atoms. The first-order valence-corrected chi connectivity index (χ1v) is 6.56. The van der Waals surface area contributed by atoms with Gasteiger partial charge in [0.05, 0.1) is 23.0 Å². The topological polar surface area (TPSA) is 42.0 Å². The average molecular weight is 280 g/mol. The van der Waals surface area contributed by atoms with Crippen molar-refractivity contribution in [2.45, 2.75) is 6.92 Å². The van der Waals surface area contributed by atoms with Gasteiger partial charge in [0.25, 0.3) is 5.91 Å². The number of aromatic nitrogens is 1. The van der Waals surface area contributed by atoms with Gasteiger partial charge in [-0.15, -0.1) is 0 Å². The largest absolute Gasteiger partial charge is 0.320 e. The van der Waals surface area contributed by atoms with E-state index in [4.69, 9.17) is 0 Å². The van der Waals surface area contributed by atoms with E-state index in [1.54, 1.807) is 12.3 Å². The van der Waals surface area contributed by atoms with Gasteiger partial charge < -0.3 is 5.32 Å². The van der Waals surface area contributed by atoms with Crippen LogP contribution in [0.25, 0.3) is 10.9 Å². The van der Waals surface area contributed by atoms with Crippen LogP contribution in [0.15, 0.2) is 54.7 Å². The van der Waals surface area contributed by atoms with Crippen molar-refractivity contribution in [3.63, 3.8) is 0 Å². The molecule has 0 aliphatic carbocycles. The number of benzene rings is 2. The minimum atomic E-state index is -0.535. The summed E-state index contributed by atoms with van der Waals surface area (Å²) in [6, 6.07) is 13.9. The third-order valence-electron chi connectivity index (χ3n) is 3.21. The lowest BCUT2D eigenvalue weighted by Crippen LogP contribution is -2.14. The molecule has 4 heteroatoms. The Hall–Kier alpha value is -2.75. The second-order valence-corrected chi connectivity index (χ2v) is 4.85. The van der Waals surface area contributed by atoms with Gasteiger partial charge in [-0.3, -0.25) is 9.78 Å². The Morgan fingerprint density at radius 3 is 2.81 bits per heavy atom. The number of carbonyl (C=O) groups is 1. The highest BCUT2D eigenvalue weighted by molar-refractivity contribution is 6.05. The first-order chi connectivity index (χ1) is 10.1. The number of hydrogen-bond acceptors (Lipinski definition) is 2. The van der Waals surface area contributed by atoms with Crippen LogP contribution in [-0.4, -0.2) is 10.9 Å². The number of aryl methyl sites for hydroxylation is 1. The molecule has 0 atom stereocenters. The number of pyridine rings is 1. The van der Waals surface area contributed by atoms with Gasteiger partial charge >= 0.3 is 0 Å². The van der Waals surface area contributed by atoms with Crippen molar-refractivity contribution in [1.82, 2.24) is 4.98 Å². The third kappa shape index (κ3) is 2.74. The number of nitrogens with one attached hydrogen (secondary N) is 1. The van der Waals surface area contributed by atoms with Crippen LogP contribution in [0.5, 0.6) is 0 Å². The SMILES string of the molecule is Cc1ccc(F)c(C(=O)Nc2cnc3ccccc3c2)c1. The van der Waals surface area contributed by atoms with Crippen LogP contribution in [0.3, 0.4) is 0 Å². The van der Waals surface area contributed by atoms with E-state index in [1.807, 2.05) is 37.3 Å². The predicted octanol–water partition coefficient (Wildman–Crippen LogP) is 3.93. The Morgan fingerprint density at radius 2 is 1.95 bits per heavy atom. The highest BCUT2D eigenvalue weighted by atomic mass is 19.1. The van der Waals surface area contributed by atoms with Crippen molar-refractivity contribution in [3.05, 3.63) is 71.7 Å². The van der Waals surface area contributed by atoms with E-state index in [-0.39, 0.29) is 5.56 Å². The van der Waals surface area contributed by atoms with Crippen LogP contribution >= 0.6 is 0 Å². The zero-order valence-electron chi connectivity index (χ0n) is 11.4. The number of nitrogens with zero attached hydrogens (tertiary/aromatic N) is 1. The Kier molecular flexibility index (Phi) is 3.36. The number of para-hydroxylation sites is 1. The molecular weight excluding hydrogens is 267 g/mol. The molecule has 2 aromatic carbocycles. The zero-order chi connectivity index (χ0) is 14.8. The molecule has 3 aromatic rings. The summed E-state index contributed by atoms with van der Waals surface area (Å²) in [7, 11) is 0. The predicted molar refractivity (Wildman–Crippen MR) is 80.8 cm³/mol. The first kappa shape index (κ1) is 13.2. The molecule has 0 fully saturated rings. The number of carbonyl (C=O) groups excluding carboxylic acids is 1. The van der Waals surface area contributed by atoms with Crippen molar-refractivity contribution >= 4 is 22.5 Å². The lowest BCUT2D eigenvalue weighted by atomic mass is 10.1. The summed E-state index contributed by atoms with van der Waals surface area (Å²) < 4.78 is 13.7. The summed E-state index contributed by atoms with van der Waals surface area (Å²) in [5.74, 6) is -1.01. The summed E-state index contributed by atoms with van der Waals surface area (Å²) in [4.78, 5) is 16.4. The quantitative estimate of drug-likeness (QED) is 0.772. The first-order valence-electron chi connectivity index (χ1n) is 6.56. The van der Waals surface area contributed by atoms with Crippen LogP contribution in [0.2, 0.25) is 0 Å². The molecule has 0 saturated heterocycles. The van der Waals surface area contributed by atoms with Gasteiger partial charge in [-0.1, -0.05) is 29.8 Å². The minimum Gasteiger partial charge on any atom is -0.320 e. The maximum Gasteiger partial charge on any atom is 0.258 e. The zero-order valence-corrected chi connectivity index (χ0v) is 11.4. The highest BCUT2D eigenvalue weighted by Gasteiger charge is 2.12. The second kappa shape index (κ2) is 5.32. The lowest BCUT2D eigenvalue weighted by molar-refractivity contribution is 0.102. The summed E-state index contributed by atoms with van der Waals surface area (Å²) >= 11 is 0. The fraction of sp³-hybridized carbons (Fsp3) is 0.0588. The number of fused-ring (bicyclic) bond motifs is 1. The van der Waals surface area contributed by atoms with Crippen molar-refractivity contribution in [1.29, 1.82) is 0 Å². The molecule has 1 amide bonds. The van der Waals surface area contributed by atoms with E-state index >= 15 is 0 Å². The Bertz CT molecular complexity index is 830. The molecule has 0 aliphatic rings. The molecule has 1 aromatic heterocycles. The van der Waals surface area contributed by atoms with E-state index in [2.05, 4.69) is 10.3 Å². The Morgan fingerprint density at radius 1 is 1.14 bits per heavy atom. The molecular formula is C17H13FN2O. The van der Waals surface area contributed by atoms with E-state index in [0.29, 0.717) is 5.69 Å². The molecule has 3 rings (SSSR count). The molecule has 0 spiro atoms. The van der Waals surface area contributed by atoms with Crippen LogP contribution in [0, 0.1) is 12.7 Å². The second-order valence-electron chi connectivity index (χ2n) is 4.85. The summed E-state index contributed by atoms with van der Waals surface area (Å²) in [6.45, 7) is 1.81. The van der Waals surface area contributed by atoms with E-state index in [0.717, 1.165) is 16.5 Å². The molecule has 0 bridgehead atoms. The number of rotatable bonds is 2. The highest BCUT2D eigenvalue weighted by Crippen LogP contribution is 2.18. The third-order valence-corrected chi connectivity index (χ3v) is 3.21. The van der Waals surface area contributed by atoms with E-state index in [1.165, 1.54) is 12.1 Å². The Labute approximate surface area is 121 Å². The van der Waals surface area contributed by atoms with Gasteiger partial charge in [0.1, 0.15) is 5.82 Å². The molecule has 0 unspecified atom stereocenters. The molecule has 0 radical (unpaired) electrons. The minimum absolute atomic E-state index is 0.0307. The lowest BCUT2D eigenvalue weighted by Gasteiger charge is -2.07. The number of hydrogen-bond donors (Lipinski definition) is 1. The Balaban J connectivity index is 1.90. The van der Waals surface area contributed by atoms with Crippen LogP contribution in [0.4, 0.5) is 10.1 Å². The molecule has 1 N–H and O–H groups in total. The molecule has 3 nitrogen and oxygen atoms in total. The molecule has 0 aliphatic heterocycles. The van der Waals surface area contributed by atoms with Crippen LogP contribution in [0.1, 0.15) is 15.9 Å². The molecule has 1 heterocycles.